The van der Waals surface area contributed by atoms with E-state index in [0.717, 1.165) is 6.54 Å². The maximum atomic E-state index is 3.58. The molecule has 3 heteroatoms. The highest BCUT2D eigenvalue weighted by molar-refractivity contribution is 5.85. The number of aromatic amines is 1. The van der Waals surface area contributed by atoms with Gasteiger partial charge in [-0.3, -0.25) is 0 Å². The molecular formula is C13H17ClN2. The van der Waals surface area contributed by atoms with Crippen LogP contribution in [0.2, 0.25) is 0 Å². The van der Waals surface area contributed by atoms with Gasteiger partial charge in [0.05, 0.1) is 0 Å². The van der Waals surface area contributed by atoms with E-state index >= 15 is 0 Å². The average molecular weight is 237 g/mol. The second-order valence-electron chi connectivity index (χ2n) is 4.33. The first kappa shape index (κ1) is 11.5. The van der Waals surface area contributed by atoms with Crippen LogP contribution in [-0.4, -0.2) is 11.5 Å². The maximum absolute atomic E-state index is 3.58. The van der Waals surface area contributed by atoms with Crippen LogP contribution in [0.3, 0.4) is 0 Å². The molecule has 1 aliphatic rings. The van der Waals surface area contributed by atoms with E-state index < -0.39 is 0 Å². The van der Waals surface area contributed by atoms with E-state index in [1.54, 1.807) is 0 Å². The Kier molecular flexibility index (Phi) is 3.52. The number of H-pyrrole nitrogens is 1. The maximum Gasteiger partial charge on any atom is 0.0454 e. The van der Waals surface area contributed by atoms with Crippen LogP contribution < -0.4 is 5.32 Å². The molecule has 2 nitrogen and oxygen atoms in total. The highest BCUT2D eigenvalue weighted by atomic mass is 35.5. The van der Waals surface area contributed by atoms with Crippen molar-refractivity contribution < 1.29 is 0 Å². The summed E-state index contributed by atoms with van der Waals surface area (Å²) in [6.07, 6.45) is 5.95. The summed E-state index contributed by atoms with van der Waals surface area (Å²) in [4.78, 5) is 3.23. The third-order valence-corrected chi connectivity index (χ3v) is 3.29. The number of hydrogen-bond donors (Lipinski definition) is 2. The number of halogens is 1. The molecule has 1 saturated heterocycles. The van der Waals surface area contributed by atoms with Crippen LogP contribution in [0, 0.1) is 0 Å². The summed E-state index contributed by atoms with van der Waals surface area (Å²) in [7, 11) is 0. The van der Waals surface area contributed by atoms with Crippen LogP contribution in [0.5, 0.6) is 0 Å². The fourth-order valence-corrected chi connectivity index (χ4v) is 2.42. The number of nitrogens with one attached hydrogen (secondary N) is 2. The molecule has 1 atom stereocenters. The summed E-state index contributed by atoms with van der Waals surface area (Å²) < 4.78 is 0. The van der Waals surface area contributed by atoms with E-state index in [4.69, 9.17) is 0 Å². The molecule has 0 radical (unpaired) electrons. The van der Waals surface area contributed by atoms with E-state index in [1.165, 1.54) is 35.7 Å². The monoisotopic (exact) mass is 236 g/mol. The lowest BCUT2D eigenvalue weighted by Gasteiger charge is -2.23. The fraction of sp³-hybridized carbons (Fsp3) is 0.385. The van der Waals surface area contributed by atoms with Gasteiger partial charge in [0.15, 0.2) is 0 Å². The minimum Gasteiger partial charge on any atom is -0.361 e. The van der Waals surface area contributed by atoms with E-state index in [1.807, 2.05) is 6.20 Å². The molecule has 1 aromatic heterocycles. The molecule has 0 spiro atoms. The Bertz CT molecular complexity index is 458. The van der Waals surface area contributed by atoms with Gasteiger partial charge in [-0.2, -0.15) is 0 Å². The topological polar surface area (TPSA) is 27.8 Å². The molecule has 0 bridgehead atoms. The Balaban J connectivity index is 0.000000963. The number of piperidine rings is 1. The molecule has 0 saturated carbocycles. The van der Waals surface area contributed by atoms with Crippen molar-refractivity contribution in [3.05, 3.63) is 36.0 Å². The van der Waals surface area contributed by atoms with Crippen LogP contribution in [0.25, 0.3) is 10.9 Å². The van der Waals surface area contributed by atoms with Crippen molar-refractivity contribution in [2.75, 3.05) is 6.54 Å². The van der Waals surface area contributed by atoms with Gasteiger partial charge in [0.2, 0.25) is 0 Å². The Hall–Kier alpha value is -0.990. The second kappa shape index (κ2) is 4.89. The Morgan fingerprint density at radius 2 is 2.06 bits per heavy atom. The standard InChI is InChI=1S/C13H16N2.ClH/c1-2-7-14-12(3-1)10-4-5-13-11(9-10)6-8-15-13;/h4-6,8-9,12,14-15H,1-3,7H2;1H/t12-;/m0./s1. The van der Waals surface area contributed by atoms with Crippen LogP contribution in [-0.2, 0) is 0 Å². The molecule has 3 rings (SSSR count). The average Bonchev–Trinajstić information content (AvgIpc) is 2.77. The summed E-state index contributed by atoms with van der Waals surface area (Å²) in [5.74, 6) is 0. The van der Waals surface area contributed by atoms with Crippen molar-refractivity contribution in [3.63, 3.8) is 0 Å². The minimum absolute atomic E-state index is 0. The van der Waals surface area contributed by atoms with Crippen molar-refractivity contribution in [3.8, 4) is 0 Å². The Morgan fingerprint density at radius 1 is 1.12 bits per heavy atom. The van der Waals surface area contributed by atoms with E-state index in [-0.39, 0.29) is 12.4 Å². The third kappa shape index (κ3) is 2.08. The molecule has 0 unspecified atom stereocenters. The second-order valence-corrected chi connectivity index (χ2v) is 4.33. The molecule has 16 heavy (non-hydrogen) atoms. The summed E-state index contributed by atoms with van der Waals surface area (Å²) in [5, 5.41) is 4.90. The van der Waals surface area contributed by atoms with Crippen molar-refractivity contribution in [2.45, 2.75) is 25.3 Å². The molecule has 1 fully saturated rings. The first-order valence-electron chi connectivity index (χ1n) is 5.74. The van der Waals surface area contributed by atoms with Crippen LogP contribution in [0.15, 0.2) is 30.5 Å². The molecule has 2 aromatic rings. The molecule has 1 aliphatic heterocycles. The van der Waals surface area contributed by atoms with Gasteiger partial charge in [-0.25, -0.2) is 0 Å². The van der Waals surface area contributed by atoms with Gasteiger partial charge in [-0.05, 0) is 48.5 Å². The van der Waals surface area contributed by atoms with Crippen molar-refractivity contribution in [1.29, 1.82) is 0 Å². The quantitative estimate of drug-likeness (QED) is 0.781. The first-order valence-corrected chi connectivity index (χ1v) is 5.74. The first-order chi connectivity index (χ1) is 7.43. The normalized spacial score (nSPS) is 20.6. The Morgan fingerprint density at radius 3 is 2.88 bits per heavy atom. The van der Waals surface area contributed by atoms with E-state index in [0.29, 0.717) is 6.04 Å². The van der Waals surface area contributed by atoms with Crippen LogP contribution in [0.4, 0.5) is 0 Å². The number of aromatic nitrogens is 1. The van der Waals surface area contributed by atoms with Crippen molar-refractivity contribution >= 4 is 23.3 Å². The molecular weight excluding hydrogens is 220 g/mol. The number of rotatable bonds is 1. The SMILES string of the molecule is Cl.c1cc2cc([C@@H]3CCCCN3)ccc2[nH]1. The summed E-state index contributed by atoms with van der Waals surface area (Å²) in [6.45, 7) is 1.16. The zero-order chi connectivity index (χ0) is 10.1. The highest BCUT2D eigenvalue weighted by Gasteiger charge is 2.14. The van der Waals surface area contributed by atoms with Gasteiger partial charge < -0.3 is 10.3 Å². The van der Waals surface area contributed by atoms with Crippen LogP contribution >= 0.6 is 12.4 Å². The minimum atomic E-state index is 0. The number of fused-ring (bicyclic) bond motifs is 1. The lowest BCUT2D eigenvalue weighted by molar-refractivity contribution is 0.412. The fourth-order valence-electron chi connectivity index (χ4n) is 2.42. The van der Waals surface area contributed by atoms with Crippen LogP contribution in [0.1, 0.15) is 30.9 Å². The summed E-state index contributed by atoms with van der Waals surface area (Å²) in [5.41, 5.74) is 2.66. The van der Waals surface area contributed by atoms with Gasteiger partial charge in [0.1, 0.15) is 0 Å². The largest absolute Gasteiger partial charge is 0.361 e. The number of hydrogen-bond acceptors (Lipinski definition) is 1. The van der Waals surface area contributed by atoms with Gasteiger partial charge in [0.25, 0.3) is 0 Å². The smallest absolute Gasteiger partial charge is 0.0454 e. The highest BCUT2D eigenvalue weighted by Crippen LogP contribution is 2.25. The predicted octanol–water partition coefficient (Wildman–Crippen LogP) is 3.40. The van der Waals surface area contributed by atoms with Crippen molar-refractivity contribution in [1.82, 2.24) is 10.3 Å². The van der Waals surface area contributed by atoms with E-state index in [2.05, 4.69) is 34.6 Å². The van der Waals surface area contributed by atoms with Gasteiger partial charge in [0, 0.05) is 17.8 Å². The Labute approximate surface area is 102 Å². The lowest BCUT2D eigenvalue weighted by Crippen LogP contribution is -2.26. The molecule has 86 valence electrons. The molecule has 1 aromatic carbocycles. The number of benzene rings is 1. The predicted molar refractivity (Wildman–Crippen MR) is 70.1 cm³/mol. The molecule has 0 amide bonds. The van der Waals surface area contributed by atoms with Gasteiger partial charge >= 0.3 is 0 Å². The van der Waals surface area contributed by atoms with Gasteiger partial charge in [-0.15, -0.1) is 12.4 Å². The molecule has 0 aliphatic carbocycles. The third-order valence-electron chi connectivity index (χ3n) is 3.29. The zero-order valence-electron chi connectivity index (χ0n) is 9.20. The summed E-state index contributed by atoms with van der Waals surface area (Å²) >= 11 is 0. The molecule has 2 heterocycles. The van der Waals surface area contributed by atoms with E-state index in [9.17, 15) is 0 Å². The zero-order valence-corrected chi connectivity index (χ0v) is 10.0. The van der Waals surface area contributed by atoms with Crippen molar-refractivity contribution in [2.24, 2.45) is 0 Å². The summed E-state index contributed by atoms with van der Waals surface area (Å²) in [6, 6.07) is 9.43. The molecule has 2 N–H and O–H groups in total. The van der Waals surface area contributed by atoms with Gasteiger partial charge in [-0.1, -0.05) is 12.5 Å². The lowest BCUT2D eigenvalue weighted by atomic mass is 9.97.